The van der Waals surface area contributed by atoms with E-state index >= 15 is 0 Å². The molecule has 0 aliphatic rings. The minimum absolute atomic E-state index is 0.586. The largest absolute Gasteiger partial charge is 0.314 e. The molecule has 0 saturated carbocycles. The standard InChI is InChI=1S/C20H15ClN2/c1-15-10-11-20(23(15)19-8-3-2-4-9-19)13-17(14-22)16-6-5-7-18(21)12-16/h2-13H,1H3/b17-13-. The fourth-order valence-corrected chi connectivity index (χ4v) is 2.78. The van der Waals surface area contributed by atoms with Crippen molar-refractivity contribution >= 4 is 23.3 Å². The molecule has 23 heavy (non-hydrogen) atoms. The first kappa shape index (κ1) is 15.1. The fraction of sp³-hybridized carbons (Fsp3) is 0.0500. The number of halogens is 1. The molecule has 0 atom stereocenters. The number of aromatic nitrogens is 1. The third-order valence-electron chi connectivity index (χ3n) is 3.67. The van der Waals surface area contributed by atoms with E-state index < -0.39 is 0 Å². The van der Waals surface area contributed by atoms with Crippen LogP contribution in [0.2, 0.25) is 5.02 Å². The second kappa shape index (κ2) is 6.56. The maximum absolute atomic E-state index is 9.53. The van der Waals surface area contributed by atoms with Gasteiger partial charge in [0.2, 0.25) is 0 Å². The predicted octanol–water partition coefficient (Wildman–Crippen LogP) is 5.50. The van der Waals surface area contributed by atoms with Gasteiger partial charge in [0.1, 0.15) is 0 Å². The Bertz CT molecular complexity index is 899. The van der Waals surface area contributed by atoms with Crippen LogP contribution in [-0.2, 0) is 0 Å². The van der Waals surface area contributed by atoms with Gasteiger partial charge in [-0.1, -0.05) is 41.9 Å². The van der Waals surface area contributed by atoms with E-state index in [4.69, 9.17) is 11.6 Å². The van der Waals surface area contributed by atoms with E-state index in [1.165, 1.54) is 0 Å². The SMILES string of the molecule is Cc1ccc(/C=C(/C#N)c2cccc(Cl)c2)n1-c1ccccc1. The Hall–Kier alpha value is -2.76. The van der Waals surface area contributed by atoms with Crippen molar-refractivity contribution in [3.8, 4) is 11.8 Å². The molecular weight excluding hydrogens is 304 g/mol. The molecule has 0 fully saturated rings. The predicted molar refractivity (Wildman–Crippen MR) is 95.4 cm³/mol. The van der Waals surface area contributed by atoms with Gasteiger partial charge in [0.25, 0.3) is 0 Å². The maximum Gasteiger partial charge on any atom is 0.0998 e. The fourth-order valence-electron chi connectivity index (χ4n) is 2.59. The van der Waals surface area contributed by atoms with E-state index in [2.05, 4.69) is 29.7 Å². The zero-order valence-electron chi connectivity index (χ0n) is 12.7. The van der Waals surface area contributed by atoms with Gasteiger partial charge >= 0.3 is 0 Å². The average Bonchev–Trinajstić information content (AvgIpc) is 2.94. The van der Waals surface area contributed by atoms with Crippen molar-refractivity contribution < 1.29 is 0 Å². The van der Waals surface area contributed by atoms with Gasteiger partial charge in [-0.3, -0.25) is 0 Å². The molecule has 3 rings (SSSR count). The van der Waals surface area contributed by atoms with E-state index in [-0.39, 0.29) is 0 Å². The smallest absolute Gasteiger partial charge is 0.0998 e. The summed E-state index contributed by atoms with van der Waals surface area (Å²) in [5.74, 6) is 0. The Morgan fingerprint density at radius 2 is 1.83 bits per heavy atom. The molecule has 0 N–H and O–H groups in total. The van der Waals surface area contributed by atoms with Gasteiger partial charge in [0.05, 0.1) is 11.6 Å². The lowest BCUT2D eigenvalue weighted by Gasteiger charge is -2.10. The van der Waals surface area contributed by atoms with Crippen molar-refractivity contribution in [1.29, 1.82) is 5.26 Å². The van der Waals surface area contributed by atoms with Crippen LogP contribution in [0.15, 0.2) is 66.7 Å². The number of para-hydroxylation sites is 1. The Kier molecular flexibility index (Phi) is 4.32. The highest BCUT2D eigenvalue weighted by atomic mass is 35.5. The van der Waals surface area contributed by atoms with Crippen LogP contribution in [0.1, 0.15) is 17.0 Å². The highest BCUT2D eigenvalue weighted by Crippen LogP contribution is 2.24. The molecule has 2 nitrogen and oxygen atoms in total. The monoisotopic (exact) mass is 318 g/mol. The molecule has 0 unspecified atom stereocenters. The Balaban J connectivity index is 2.11. The van der Waals surface area contributed by atoms with Crippen molar-refractivity contribution in [1.82, 2.24) is 4.57 Å². The van der Waals surface area contributed by atoms with Crippen molar-refractivity contribution in [3.63, 3.8) is 0 Å². The molecule has 1 aromatic heterocycles. The minimum Gasteiger partial charge on any atom is -0.314 e. The number of benzene rings is 2. The van der Waals surface area contributed by atoms with Gasteiger partial charge in [-0.2, -0.15) is 5.26 Å². The van der Waals surface area contributed by atoms with Crippen LogP contribution < -0.4 is 0 Å². The lowest BCUT2D eigenvalue weighted by Crippen LogP contribution is -1.98. The molecule has 3 heteroatoms. The third kappa shape index (κ3) is 3.21. The summed E-state index contributed by atoms with van der Waals surface area (Å²) >= 11 is 6.04. The van der Waals surface area contributed by atoms with Gasteiger partial charge in [0, 0.05) is 22.1 Å². The van der Waals surface area contributed by atoms with Gasteiger partial charge in [-0.05, 0) is 55.0 Å². The maximum atomic E-state index is 9.53. The zero-order chi connectivity index (χ0) is 16.2. The molecule has 0 aliphatic heterocycles. The van der Waals surface area contributed by atoms with Crippen LogP contribution in [0.5, 0.6) is 0 Å². The highest BCUT2D eigenvalue weighted by Gasteiger charge is 2.08. The van der Waals surface area contributed by atoms with Crippen molar-refractivity contribution in [2.24, 2.45) is 0 Å². The second-order valence-electron chi connectivity index (χ2n) is 5.25. The molecule has 0 radical (unpaired) electrons. The van der Waals surface area contributed by atoms with Crippen molar-refractivity contribution in [2.45, 2.75) is 6.92 Å². The van der Waals surface area contributed by atoms with Crippen LogP contribution in [0.3, 0.4) is 0 Å². The number of nitriles is 1. The molecule has 0 aliphatic carbocycles. The molecule has 112 valence electrons. The molecule has 0 amide bonds. The van der Waals surface area contributed by atoms with E-state index in [9.17, 15) is 5.26 Å². The molecule has 0 bridgehead atoms. The number of aryl methyl sites for hydroxylation is 1. The average molecular weight is 319 g/mol. The van der Waals surface area contributed by atoms with Crippen molar-refractivity contribution in [2.75, 3.05) is 0 Å². The van der Waals surface area contributed by atoms with E-state index in [0.29, 0.717) is 10.6 Å². The first-order chi connectivity index (χ1) is 11.2. The quantitative estimate of drug-likeness (QED) is 0.586. The van der Waals surface area contributed by atoms with Crippen LogP contribution >= 0.6 is 11.6 Å². The van der Waals surface area contributed by atoms with Gasteiger partial charge in [0.15, 0.2) is 0 Å². The van der Waals surface area contributed by atoms with Crippen molar-refractivity contribution in [3.05, 3.63) is 88.7 Å². The molecule has 2 aromatic carbocycles. The van der Waals surface area contributed by atoms with Gasteiger partial charge in [-0.25, -0.2) is 0 Å². The number of rotatable bonds is 3. The number of hydrogen-bond acceptors (Lipinski definition) is 1. The lowest BCUT2D eigenvalue weighted by atomic mass is 10.1. The van der Waals surface area contributed by atoms with Gasteiger partial charge < -0.3 is 4.57 Å². The molecule has 0 spiro atoms. The van der Waals surface area contributed by atoms with E-state index in [1.807, 2.05) is 48.5 Å². The number of allylic oxidation sites excluding steroid dienone is 1. The van der Waals surface area contributed by atoms with E-state index in [1.54, 1.807) is 12.1 Å². The third-order valence-corrected chi connectivity index (χ3v) is 3.90. The Morgan fingerprint density at radius 1 is 1.04 bits per heavy atom. The summed E-state index contributed by atoms with van der Waals surface area (Å²) in [7, 11) is 0. The topological polar surface area (TPSA) is 28.7 Å². The molecule has 3 aromatic rings. The normalized spacial score (nSPS) is 11.3. The summed E-state index contributed by atoms with van der Waals surface area (Å²) in [6.07, 6.45) is 1.89. The van der Waals surface area contributed by atoms with Crippen LogP contribution in [0.4, 0.5) is 0 Å². The highest BCUT2D eigenvalue weighted by molar-refractivity contribution is 6.30. The summed E-state index contributed by atoms with van der Waals surface area (Å²) in [4.78, 5) is 0. The molecule has 1 heterocycles. The Morgan fingerprint density at radius 3 is 2.52 bits per heavy atom. The first-order valence-electron chi connectivity index (χ1n) is 7.30. The summed E-state index contributed by atoms with van der Waals surface area (Å²) in [5, 5.41) is 10.2. The summed E-state index contributed by atoms with van der Waals surface area (Å²) in [6.45, 7) is 2.05. The summed E-state index contributed by atoms with van der Waals surface area (Å²) < 4.78 is 2.13. The van der Waals surface area contributed by atoms with E-state index in [0.717, 1.165) is 22.6 Å². The second-order valence-corrected chi connectivity index (χ2v) is 5.69. The molecule has 0 saturated heterocycles. The summed E-state index contributed by atoms with van der Waals surface area (Å²) in [5.41, 5.74) is 4.56. The minimum atomic E-state index is 0.586. The zero-order valence-corrected chi connectivity index (χ0v) is 13.5. The number of hydrogen-bond donors (Lipinski definition) is 0. The summed E-state index contributed by atoms with van der Waals surface area (Å²) in [6, 6.07) is 23.8. The number of nitrogens with zero attached hydrogens (tertiary/aromatic N) is 2. The lowest BCUT2D eigenvalue weighted by molar-refractivity contribution is 1.00. The van der Waals surface area contributed by atoms with Crippen LogP contribution in [-0.4, -0.2) is 4.57 Å². The first-order valence-corrected chi connectivity index (χ1v) is 7.68. The molecular formula is C20H15ClN2. The van der Waals surface area contributed by atoms with Crippen LogP contribution in [0.25, 0.3) is 17.3 Å². The Labute approximate surface area is 140 Å². The van der Waals surface area contributed by atoms with Crippen LogP contribution in [0, 0.1) is 18.3 Å². The van der Waals surface area contributed by atoms with Gasteiger partial charge in [-0.15, -0.1) is 0 Å².